The van der Waals surface area contributed by atoms with Crippen LogP contribution in [0.4, 0.5) is 0 Å². The van der Waals surface area contributed by atoms with Crippen molar-refractivity contribution in [3.05, 3.63) is 0 Å². The number of aliphatic hydroxyl groups is 2. The number of hydrogen-bond acceptors (Lipinski definition) is 4. The van der Waals surface area contributed by atoms with Crippen molar-refractivity contribution in [3.63, 3.8) is 0 Å². The molecule has 5 nitrogen and oxygen atoms in total. The van der Waals surface area contributed by atoms with Gasteiger partial charge in [0.05, 0.1) is 13.2 Å². The molecule has 126 valence electrons. The highest BCUT2D eigenvalue weighted by molar-refractivity contribution is 5.77. The zero-order valence-corrected chi connectivity index (χ0v) is 11.1. The Balaban J connectivity index is -0.000000427. The van der Waals surface area contributed by atoms with Crippen molar-refractivity contribution in [3.8, 4) is 0 Å². The van der Waals surface area contributed by atoms with Crippen molar-refractivity contribution < 1.29 is 19.7 Å². The average molecular weight is 295 g/mol. The summed E-state index contributed by atoms with van der Waals surface area (Å²) < 4.78 is 5.31. The van der Waals surface area contributed by atoms with E-state index < -0.39 is 0 Å². The fourth-order valence-electron chi connectivity index (χ4n) is 1.49. The predicted molar refractivity (Wildman–Crippen MR) is 85.9 cm³/mol. The first-order valence-corrected chi connectivity index (χ1v) is 6.03. The van der Waals surface area contributed by atoms with Gasteiger partial charge in [-0.15, -0.1) is 0 Å². The van der Waals surface area contributed by atoms with Gasteiger partial charge in [-0.05, 0) is 27.2 Å². The Bertz CT molecular complexity index is 214. The van der Waals surface area contributed by atoms with Gasteiger partial charge in [0.15, 0.2) is 0 Å². The van der Waals surface area contributed by atoms with Gasteiger partial charge in [0.2, 0.25) is 5.91 Å². The summed E-state index contributed by atoms with van der Waals surface area (Å²) in [6, 6.07) is 0. The number of rotatable bonds is 8. The van der Waals surface area contributed by atoms with Crippen LogP contribution in [0, 0.1) is 0 Å². The Morgan fingerprint density at radius 1 is 1.05 bits per heavy atom. The van der Waals surface area contributed by atoms with Gasteiger partial charge in [0.1, 0.15) is 0 Å². The van der Waals surface area contributed by atoms with Gasteiger partial charge >= 0.3 is 0 Å². The molecule has 0 aromatic heterocycles. The monoisotopic (exact) mass is 295 g/mol. The standard InChI is InChI=1S/C12H25NO4.3CH4/c1-12(2,3)13(11(16)5-8-15)6-10-17-9-4-7-14;;;/h14-15H,4-10H2,1-3H3;3*1H4. The Labute approximate surface area is 125 Å². The van der Waals surface area contributed by atoms with Gasteiger partial charge in [-0.2, -0.15) is 0 Å². The van der Waals surface area contributed by atoms with E-state index in [2.05, 4.69) is 0 Å². The molecule has 0 spiro atoms. The van der Waals surface area contributed by atoms with E-state index in [-0.39, 0.29) is 53.4 Å². The lowest BCUT2D eigenvalue weighted by Gasteiger charge is -2.35. The highest BCUT2D eigenvalue weighted by Crippen LogP contribution is 2.14. The Morgan fingerprint density at radius 3 is 2.00 bits per heavy atom. The highest BCUT2D eigenvalue weighted by atomic mass is 16.5. The molecule has 0 heterocycles. The summed E-state index contributed by atoms with van der Waals surface area (Å²) in [5.41, 5.74) is -0.271. The van der Waals surface area contributed by atoms with E-state index in [1.54, 1.807) is 4.90 Å². The molecule has 0 atom stereocenters. The van der Waals surface area contributed by atoms with Crippen molar-refractivity contribution in [1.82, 2.24) is 4.90 Å². The smallest absolute Gasteiger partial charge is 0.225 e. The van der Waals surface area contributed by atoms with E-state index in [4.69, 9.17) is 14.9 Å². The van der Waals surface area contributed by atoms with Gasteiger partial charge in [-0.25, -0.2) is 0 Å². The Kier molecular flexibility index (Phi) is 20.4. The summed E-state index contributed by atoms with van der Waals surface area (Å²) in [7, 11) is 0. The van der Waals surface area contributed by atoms with E-state index in [0.29, 0.717) is 26.2 Å². The fraction of sp³-hybridized carbons (Fsp3) is 0.933. The van der Waals surface area contributed by atoms with Crippen LogP contribution in [0.15, 0.2) is 0 Å². The molecule has 0 saturated carbocycles. The maximum atomic E-state index is 11.8. The number of carbonyl (C=O) groups excluding carboxylic acids is 1. The summed E-state index contributed by atoms with van der Waals surface area (Å²) in [6.45, 7) is 7.32. The normalized spacial score (nSPS) is 9.85. The second-order valence-corrected chi connectivity index (χ2v) is 4.88. The van der Waals surface area contributed by atoms with Crippen molar-refractivity contribution in [1.29, 1.82) is 0 Å². The average Bonchev–Trinajstić information content (AvgIpc) is 2.21. The first-order valence-electron chi connectivity index (χ1n) is 6.03. The predicted octanol–water partition coefficient (Wildman–Crippen LogP) is 2.30. The molecule has 0 unspecified atom stereocenters. The Hall–Kier alpha value is -0.650. The van der Waals surface area contributed by atoms with Gasteiger partial charge in [-0.1, -0.05) is 22.3 Å². The van der Waals surface area contributed by atoms with Crippen LogP contribution in [0.1, 0.15) is 55.9 Å². The number of aliphatic hydroxyl groups excluding tert-OH is 2. The second kappa shape index (κ2) is 14.8. The summed E-state index contributed by atoms with van der Waals surface area (Å²) >= 11 is 0. The van der Waals surface area contributed by atoms with E-state index >= 15 is 0 Å². The lowest BCUT2D eigenvalue weighted by molar-refractivity contribution is -0.137. The van der Waals surface area contributed by atoms with Gasteiger partial charge < -0.3 is 19.8 Å². The zero-order valence-electron chi connectivity index (χ0n) is 11.1. The van der Waals surface area contributed by atoms with Gasteiger partial charge in [0.25, 0.3) is 0 Å². The van der Waals surface area contributed by atoms with E-state index in [1.165, 1.54) is 0 Å². The molecule has 0 aliphatic rings. The third-order valence-corrected chi connectivity index (χ3v) is 2.34. The van der Waals surface area contributed by atoms with Crippen LogP contribution >= 0.6 is 0 Å². The van der Waals surface area contributed by atoms with Crippen LogP contribution in [0.25, 0.3) is 0 Å². The van der Waals surface area contributed by atoms with Crippen LogP contribution in [0.5, 0.6) is 0 Å². The second-order valence-electron chi connectivity index (χ2n) is 4.88. The third-order valence-electron chi connectivity index (χ3n) is 2.34. The number of nitrogens with zero attached hydrogens (tertiary/aromatic N) is 1. The van der Waals surface area contributed by atoms with Crippen molar-refractivity contribution in [2.45, 2.75) is 61.4 Å². The van der Waals surface area contributed by atoms with Crippen molar-refractivity contribution in [2.75, 3.05) is 33.0 Å². The van der Waals surface area contributed by atoms with E-state index in [9.17, 15) is 4.79 Å². The Morgan fingerprint density at radius 2 is 1.60 bits per heavy atom. The quantitative estimate of drug-likeness (QED) is 0.674. The number of amides is 1. The van der Waals surface area contributed by atoms with E-state index in [0.717, 1.165) is 0 Å². The molecule has 0 rings (SSSR count). The van der Waals surface area contributed by atoms with Crippen molar-refractivity contribution >= 4 is 5.91 Å². The van der Waals surface area contributed by atoms with E-state index in [1.807, 2.05) is 20.8 Å². The number of ether oxygens (including phenoxy) is 1. The molecule has 0 bridgehead atoms. The summed E-state index contributed by atoms with van der Waals surface area (Å²) in [5.74, 6) is -0.0641. The van der Waals surface area contributed by atoms with Crippen LogP contribution < -0.4 is 0 Å². The van der Waals surface area contributed by atoms with Crippen LogP contribution in [0.3, 0.4) is 0 Å². The minimum absolute atomic E-state index is 0. The van der Waals surface area contributed by atoms with Gasteiger partial charge in [-0.3, -0.25) is 4.79 Å². The first kappa shape index (κ1) is 27.7. The molecule has 0 fully saturated rings. The minimum atomic E-state index is -0.271. The summed E-state index contributed by atoms with van der Waals surface area (Å²) in [6.07, 6.45) is 0.758. The molecule has 1 amide bonds. The molecule has 5 heteroatoms. The maximum Gasteiger partial charge on any atom is 0.225 e. The molecule has 0 aliphatic heterocycles. The molecular weight excluding hydrogens is 258 g/mol. The van der Waals surface area contributed by atoms with Gasteiger partial charge in [0, 0.05) is 31.7 Å². The lowest BCUT2D eigenvalue weighted by Crippen LogP contribution is -2.47. The number of carbonyl (C=O) groups is 1. The number of hydrogen-bond donors (Lipinski definition) is 2. The largest absolute Gasteiger partial charge is 0.396 e. The topological polar surface area (TPSA) is 70.0 Å². The van der Waals surface area contributed by atoms with Crippen LogP contribution in [0.2, 0.25) is 0 Å². The van der Waals surface area contributed by atoms with Crippen molar-refractivity contribution in [2.24, 2.45) is 0 Å². The first-order chi connectivity index (χ1) is 7.93. The summed E-state index contributed by atoms with van der Waals surface area (Å²) in [4.78, 5) is 13.5. The maximum absolute atomic E-state index is 11.8. The third kappa shape index (κ3) is 12.4. The lowest BCUT2D eigenvalue weighted by atomic mass is 10.1. The molecule has 20 heavy (non-hydrogen) atoms. The fourth-order valence-corrected chi connectivity index (χ4v) is 1.49. The molecule has 0 aliphatic carbocycles. The molecular formula is C15H37NO4. The minimum Gasteiger partial charge on any atom is -0.396 e. The highest BCUT2D eigenvalue weighted by Gasteiger charge is 2.25. The molecule has 0 aromatic rings. The SMILES string of the molecule is C.C.C.CC(C)(C)N(CCOCCCO)C(=O)CCO. The van der Waals surface area contributed by atoms with Crippen LogP contribution in [-0.2, 0) is 9.53 Å². The zero-order chi connectivity index (χ0) is 13.3. The summed E-state index contributed by atoms with van der Waals surface area (Å²) in [5, 5.41) is 17.4. The molecule has 0 saturated heterocycles. The van der Waals surface area contributed by atoms with Crippen LogP contribution in [-0.4, -0.2) is 59.5 Å². The molecule has 0 aromatic carbocycles. The molecule has 2 N–H and O–H groups in total. The molecule has 0 radical (unpaired) electrons.